The number of piperidine rings is 1. The van der Waals surface area contributed by atoms with E-state index in [4.69, 9.17) is 4.98 Å². The minimum Gasteiger partial charge on any atom is -0.317 e. The average molecular weight is 384 g/mol. The maximum atomic E-state index is 4.92. The van der Waals surface area contributed by atoms with E-state index in [9.17, 15) is 0 Å². The highest BCUT2D eigenvalue weighted by molar-refractivity contribution is 7.98. The molecule has 0 aliphatic carbocycles. The Hall–Kier alpha value is -1.83. The lowest BCUT2D eigenvalue weighted by Crippen LogP contribution is -2.26. The summed E-state index contributed by atoms with van der Waals surface area (Å²) >= 11 is 3.52. The average Bonchev–Trinajstić information content (AvgIpc) is 3.33. The van der Waals surface area contributed by atoms with E-state index in [-0.39, 0.29) is 0 Å². The quantitative estimate of drug-likeness (QED) is 0.540. The minimum absolute atomic E-state index is 0.599. The molecule has 5 nitrogen and oxygen atoms in total. The summed E-state index contributed by atoms with van der Waals surface area (Å²) < 4.78 is 4.09. The number of nitrogens with zero attached hydrogens (tertiary/aromatic N) is 4. The molecule has 0 spiro atoms. The smallest absolute Gasteiger partial charge is 0.194 e. The van der Waals surface area contributed by atoms with Gasteiger partial charge in [-0.15, -0.1) is 11.8 Å². The van der Waals surface area contributed by atoms with Gasteiger partial charge in [-0.3, -0.25) is 9.08 Å². The van der Waals surface area contributed by atoms with Crippen LogP contribution in [0.1, 0.15) is 24.5 Å². The molecule has 0 unspecified atom stereocenters. The third-order valence-electron chi connectivity index (χ3n) is 5.12. The number of benzene rings is 1. The zero-order valence-corrected chi connectivity index (χ0v) is 16.5. The van der Waals surface area contributed by atoms with Gasteiger partial charge in [-0.1, -0.05) is 11.3 Å². The molecule has 5 rings (SSSR count). The summed E-state index contributed by atoms with van der Waals surface area (Å²) in [5, 5.41) is 9.21. The van der Waals surface area contributed by atoms with E-state index in [0.29, 0.717) is 5.92 Å². The molecule has 1 N–H and O–H groups in total. The van der Waals surface area contributed by atoms with Crippen LogP contribution in [0.4, 0.5) is 0 Å². The Labute approximate surface area is 160 Å². The van der Waals surface area contributed by atoms with Crippen molar-refractivity contribution in [2.24, 2.45) is 7.05 Å². The Morgan fingerprint density at radius 2 is 2.04 bits per heavy atom. The predicted molar refractivity (Wildman–Crippen MR) is 109 cm³/mol. The van der Waals surface area contributed by atoms with Crippen molar-refractivity contribution in [3.05, 3.63) is 36.4 Å². The maximum absolute atomic E-state index is 4.92. The van der Waals surface area contributed by atoms with Gasteiger partial charge in [0.05, 0.1) is 10.6 Å². The van der Waals surface area contributed by atoms with Gasteiger partial charge in [0, 0.05) is 41.8 Å². The lowest BCUT2D eigenvalue weighted by Gasteiger charge is -2.20. The summed E-state index contributed by atoms with van der Waals surface area (Å²) in [6.45, 7) is 2.20. The van der Waals surface area contributed by atoms with E-state index >= 15 is 0 Å². The second-order valence-corrected chi connectivity index (χ2v) is 8.75. The first-order valence-electron chi connectivity index (χ1n) is 8.92. The number of hydrogen-bond donors (Lipinski definition) is 1. The largest absolute Gasteiger partial charge is 0.317 e. The first-order valence-corrected chi connectivity index (χ1v) is 11.0. The first-order chi connectivity index (χ1) is 12.7. The van der Waals surface area contributed by atoms with Crippen LogP contribution in [0.25, 0.3) is 26.3 Å². The van der Waals surface area contributed by atoms with Gasteiger partial charge in [-0.05, 0) is 49.9 Å². The van der Waals surface area contributed by atoms with Crippen molar-refractivity contribution in [3.63, 3.8) is 0 Å². The highest BCUT2D eigenvalue weighted by Crippen LogP contribution is 2.36. The van der Waals surface area contributed by atoms with Gasteiger partial charge in [0.2, 0.25) is 0 Å². The molecule has 1 aliphatic rings. The van der Waals surface area contributed by atoms with Crippen LogP contribution in [0.2, 0.25) is 0 Å². The van der Waals surface area contributed by atoms with Crippen LogP contribution in [-0.2, 0) is 7.05 Å². The predicted octanol–water partition coefficient (Wildman–Crippen LogP) is 4.14. The molecule has 1 aromatic carbocycles. The van der Waals surface area contributed by atoms with Crippen molar-refractivity contribution in [1.82, 2.24) is 24.5 Å². The van der Waals surface area contributed by atoms with Gasteiger partial charge in [-0.2, -0.15) is 5.10 Å². The number of thioether (sulfide) groups is 1. The van der Waals surface area contributed by atoms with Crippen molar-refractivity contribution in [2.45, 2.75) is 23.7 Å². The molecular formula is C19H21N5S2. The molecule has 7 heteroatoms. The van der Waals surface area contributed by atoms with Gasteiger partial charge >= 0.3 is 0 Å². The van der Waals surface area contributed by atoms with Crippen LogP contribution >= 0.6 is 23.1 Å². The third kappa shape index (κ3) is 2.74. The molecule has 1 saturated heterocycles. The number of aryl methyl sites for hydroxylation is 1. The topological polar surface area (TPSA) is 47.1 Å². The SMILES string of the molecule is CSc1cc(-c2cn3cc(C4CCNCC4)nc3s2)cc2cn(C)nc12. The van der Waals surface area contributed by atoms with Crippen LogP contribution in [-0.4, -0.2) is 38.5 Å². The molecule has 4 heterocycles. The fourth-order valence-corrected chi connectivity index (χ4v) is 5.34. The van der Waals surface area contributed by atoms with Gasteiger partial charge in [-0.25, -0.2) is 4.98 Å². The molecule has 4 aromatic rings. The molecule has 0 bridgehead atoms. The molecule has 1 aliphatic heterocycles. The van der Waals surface area contributed by atoms with Crippen LogP contribution in [0.5, 0.6) is 0 Å². The third-order valence-corrected chi connectivity index (χ3v) is 6.92. The monoisotopic (exact) mass is 383 g/mol. The lowest BCUT2D eigenvalue weighted by atomic mass is 9.95. The van der Waals surface area contributed by atoms with Gasteiger partial charge in [0.25, 0.3) is 0 Å². The number of thiazole rings is 1. The minimum atomic E-state index is 0.599. The Morgan fingerprint density at radius 3 is 2.81 bits per heavy atom. The second kappa shape index (κ2) is 6.40. The molecule has 3 aromatic heterocycles. The Balaban J connectivity index is 1.54. The Bertz CT molecular complexity index is 1050. The Morgan fingerprint density at radius 1 is 1.19 bits per heavy atom. The highest BCUT2D eigenvalue weighted by Gasteiger charge is 2.19. The van der Waals surface area contributed by atoms with Crippen molar-refractivity contribution < 1.29 is 0 Å². The molecule has 0 saturated carbocycles. The number of aromatic nitrogens is 4. The van der Waals surface area contributed by atoms with Crippen LogP contribution in [0, 0.1) is 0 Å². The van der Waals surface area contributed by atoms with Crippen molar-refractivity contribution in [1.29, 1.82) is 0 Å². The standard InChI is InChI=1S/C19H21N5S2/c1-23-9-14-7-13(8-16(25-2)18(14)22-23)17-11-24-10-15(21-19(24)26-17)12-3-5-20-6-4-12/h7-12,20H,3-6H2,1-2H3. The zero-order chi connectivity index (χ0) is 17.7. The van der Waals surface area contributed by atoms with Crippen molar-refractivity contribution in [3.8, 4) is 10.4 Å². The number of imidazole rings is 1. The van der Waals surface area contributed by atoms with Crippen LogP contribution in [0.15, 0.2) is 35.6 Å². The van der Waals surface area contributed by atoms with E-state index in [1.54, 1.807) is 23.1 Å². The van der Waals surface area contributed by atoms with Crippen LogP contribution in [0.3, 0.4) is 0 Å². The van der Waals surface area contributed by atoms with Crippen LogP contribution < -0.4 is 5.32 Å². The molecule has 0 atom stereocenters. The first kappa shape index (κ1) is 16.4. The number of rotatable bonds is 3. The normalized spacial score (nSPS) is 16.1. The number of nitrogens with one attached hydrogen (secondary N) is 1. The fourth-order valence-electron chi connectivity index (χ4n) is 3.78. The summed E-state index contributed by atoms with van der Waals surface area (Å²) in [7, 11) is 1.98. The molecule has 1 fully saturated rings. The molecular weight excluding hydrogens is 362 g/mol. The fraction of sp³-hybridized carbons (Fsp3) is 0.368. The number of fused-ring (bicyclic) bond motifs is 2. The van der Waals surface area contributed by atoms with Gasteiger partial charge < -0.3 is 5.32 Å². The highest BCUT2D eigenvalue weighted by atomic mass is 32.2. The second-order valence-electron chi connectivity index (χ2n) is 6.89. The van der Waals surface area contributed by atoms with Gasteiger partial charge in [0.1, 0.15) is 5.52 Å². The van der Waals surface area contributed by atoms with E-state index in [1.807, 2.05) is 11.7 Å². The van der Waals surface area contributed by atoms with E-state index in [2.05, 4.69) is 51.8 Å². The summed E-state index contributed by atoms with van der Waals surface area (Å²) in [6, 6.07) is 4.49. The summed E-state index contributed by atoms with van der Waals surface area (Å²) in [4.78, 5) is 8.49. The summed E-state index contributed by atoms with van der Waals surface area (Å²) in [5.74, 6) is 0.599. The van der Waals surface area contributed by atoms with E-state index < -0.39 is 0 Å². The molecule has 134 valence electrons. The molecule has 26 heavy (non-hydrogen) atoms. The molecule has 0 amide bonds. The Kier molecular flexibility index (Phi) is 4.03. The number of hydrogen-bond acceptors (Lipinski definition) is 5. The summed E-state index contributed by atoms with van der Waals surface area (Å²) in [5.41, 5.74) is 3.57. The van der Waals surface area contributed by atoms with Crippen molar-refractivity contribution in [2.75, 3.05) is 19.3 Å². The lowest BCUT2D eigenvalue weighted by molar-refractivity contribution is 0.454. The zero-order valence-electron chi connectivity index (χ0n) is 14.9. The molecule has 0 radical (unpaired) electrons. The van der Waals surface area contributed by atoms with Crippen molar-refractivity contribution >= 4 is 39.0 Å². The summed E-state index contributed by atoms with van der Waals surface area (Å²) in [6.07, 6.45) is 11.0. The van der Waals surface area contributed by atoms with E-state index in [0.717, 1.165) is 23.6 Å². The van der Waals surface area contributed by atoms with E-state index in [1.165, 1.54) is 39.3 Å². The van der Waals surface area contributed by atoms with Gasteiger partial charge in [0.15, 0.2) is 4.96 Å². The maximum Gasteiger partial charge on any atom is 0.194 e.